The lowest BCUT2D eigenvalue weighted by Crippen LogP contribution is -2.40. The van der Waals surface area contributed by atoms with E-state index in [1.807, 2.05) is 30.9 Å². The number of likely N-dealkylation sites (tertiary alicyclic amines) is 1. The zero-order valence-corrected chi connectivity index (χ0v) is 21.8. The van der Waals surface area contributed by atoms with Crippen molar-refractivity contribution >= 4 is 34.3 Å². The van der Waals surface area contributed by atoms with Gasteiger partial charge in [0.05, 0.1) is 0 Å². The predicted octanol–water partition coefficient (Wildman–Crippen LogP) is 4.57. The molecule has 0 aliphatic carbocycles. The van der Waals surface area contributed by atoms with Gasteiger partial charge in [-0.1, -0.05) is 37.7 Å². The number of nitrogens with zero attached hydrogens (tertiary/aromatic N) is 4. The first-order valence-electron chi connectivity index (χ1n) is 12.9. The first-order chi connectivity index (χ1) is 17.5. The number of amides is 1. The number of benzene rings is 1. The monoisotopic (exact) mass is 510 g/mol. The zero-order valence-electron chi connectivity index (χ0n) is 21.0. The Balaban J connectivity index is 1.19. The minimum atomic E-state index is -0.235. The van der Waals surface area contributed by atoms with Gasteiger partial charge in [0, 0.05) is 62.5 Å². The van der Waals surface area contributed by atoms with Crippen LogP contribution >= 0.6 is 11.8 Å². The number of Topliss-reactive ketones (excluding diaryl/α,β-unsaturated/α-hetero) is 1. The second kappa shape index (κ2) is 11.2. The maximum absolute atomic E-state index is 12.5. The van der Waals surface area contributed by atoms with E-state index < -0.39 is 0 Å². The quantitative estimate of drug-likeness (QED) is 0.536. The highest BCUT2D eigenvalue weighted by Crippen LogP contribution is 2.35. The summed E-state index contributed by atoms with van der Waals surface area (Å²) in [5, 5.41) is 0.446. The Morgan fingerprint density at radius 1 is 1.14 bits per heavy atom. The molecule has 1 atom stereocenters. The van der Waals surface area contributed by atoms with Crippen LogP contribution in [0.4, 0.5) is 16.3 Å². The third-order valence-corrected chi connectivity index (χ3v) is 7.87. The lowest BCUT2D eigenvalue weighted by Gasteiger charge is -2.32. The summed E-state index contributed by atoms with van der Waals surface area (Å²) in [7, 11) is 0. The van der Waals surface area contributed by atoms with E-state index in [0.29, 0.717) is 37.2 Å². The van der Waals surface area contributed by atoms with Crippen molar-refractivity contribution in [2.24, 2.45) is 0 Å². The minimum Gasteiger partial charge on any atom is -0.474 e. The van der Waals surface area contributed by atoms with Crippen molar-refractivity contribution in [1.82, 2.24) is 14.9 Å². The summed E-state index contributed by atoms with van der Waals surface area (Å²) in [6, 6.07) is 8.17. The van der Waals surface area contributed by atoms with E-state index in [9.17, 15) is 9.59 Å². The van der Waals surface area contributed by atoms with Crippen LogP contribution in [0.1, 0.15) is 50.7 Å². The molecule has 36 heavy (non-hydrogen) atoms. The van der Waals surface area contributed by atoms with Crippen molar-refractivity contribution in [2.45, 2.75) is 69.8 Å². The number of rotatable bonds is 7. The van der Waals surface area contributed by atoms with E-state index in [1.54, 1.807) is 6.33 Å². The highest BCUT2D eigenvalue weighted by Gasteiger charge is 2.27. The maximum Gasteiger partial charge on any atom is 0.281 e. The van der Waals surface area contributed by atoms with Gasteiger partial charge in [0.1, 0.15) is 24.4 Å². The van der Waals surface area contributed by atoms with E-state index in [2.05, 4.69) is 27.0 Å². The number of carbonyl (C=O) groups excluding carboxylic acids is 2. The number of fused-ring (bicyclic) bond motifs is 1. The Hall–Kier alpha value is -2.65. The van der Waals surface area contributed by atoms with E-state index in [1.165, 1.54) is 17.3 Å². The smallest absolute Gasteiger partial charge is 0.281 e. The summed E-state index contributed by atoms with van der Waals surface area (Å²) in [4.78, 5) is 37.8. The maximum atomic E-state index is 12.5. The van der Waals surface area contributed by atoms with Crippen LogP contribution in [0.5, 0.6) is 5.88 Å². The molecule has 0 spiro atoms. The molecule has 3 aliphatic rings. The Morgan fingerprint density at radius 3 is 2.72 bits per heavy atom. The van der Waals surface area contributed by atoms with E-state index in [-0.39, 0.29) is 23.2 Å². The van der Waals surface area contributed by atoms with Crippen molar-refractivity contribution < 1.29 is 19.1 Å². The number of aromatic nitrogens is 2. The van der Waals surface area contributed by atoms with Gasteiger partial charge < -0.3 is 19.3 Å². The lowest BCUT2D eigenvalue weighted by atomic mass is 10.0. The molecular weight excluding hydrogens is 476 g/mol. The van der Waals surface area contributed by atoms with Crippen LogP contribution in [-0.4, -0.2) is 69.6 Å². The number of ketones is 1. The molecule has 9 heteroatoms. The normalized spacial score (nSPS) is 20.1. The fourth-order valence-corrected chi connectivity index (χ4v) is 5.83. The second-order valence-corrected chi connectivity index (χ2v) is 11.5. The Bertz CT molecular complexity index is 1100. The van der Waals surface area contributed by atoms with Crippen LogP contribution in [0.25, 0.3) is 0 Å². The van der Waals surface area contributed by atoms with Crippen LogP contribution in [-0.2, 0) is 22.4 Å². The molecule has 0 bridgehead atoms. The number of hydrogen-bond acceptors (Lipinski definition) is 8. The van der Waals surface area contributed by atoms with E-state index in [0.717, 1.165) is 55.7 Å². The number of hydrogen-bond donors (Lipinski definition) is 0. The molecule has 4 heterocycles. The molecular formula is C27H34N4O4S. The van der Waals surface area contributed by atoms with Gasteiger partial charge in [-0.2, -0.15) is 0 Å². The third kappa shape index (κ3) is 5.83. The fourth-order valence-electron chi connectivity index (χ4n) is 5.09. The number of thioether (sulfide) groups is 1. The Morgan fingerprint density at radius 2 is 1.97 bits per heavy atom. The largest absolute Gasteiger partial charge is 0.474 e. The SMILES string of the molecule is CC(C)SC(=O)N1CCC(Oc2cc(N3CCc4cc(CC(=O)C5CCCO5)ccc43)ncn2)CC1. The van der Waals surface area contributed by atoms with Gasteiger partial charge in [0.25, 0.3) is 5.24 Å². The summed E-state index contributed by atoms with van der Waals surface area (Å²) < 4.78 is 11.7. The lowest BCUT2D eigenvalue weighted by molar-refractivity contribution is -0.127. The highest BCUT2D eigenvalue weighted by atomic mass is 32.2. The zero-order chi connectivity index (χ0) is 25.1. The highest BCUT2D eigenvalue weighted by molar-refractivity contribution is 8.14. The number of ether oxygens (including phenoxy) is 2. The van der Waals surface area contributed by atoms with Gasteiger partial charge in [0.2, 0.25) is 5.88 Å². The van der Waals surface area contributed by atoms with Crippen molar-refractivity contribution in [3.05, 3.63) is 41.7 Å². The van der Waals surface area contributed by atoms with Crippen LogP contribution < -0.4 is 9.64 Å². The molecule has 2 aromatic rings. The number of carbonyl (C=O) groups is 2. The van der Waals surface area contributed by atoms with E-state index in [4.69, 9.17) is 9.47 Å². The predicted molar refractivity (Wildman–Crippen MR) is 140 cm³/mol. The summed E-state index contributed by atoms with van der Waals surface area (Å²) in [5.74, 6) is 1.55. The van der Waals surface area contributed by atoms with Crippen LogP contribution in [0.15, 0.2) is 30.6 Å². The van der Waals surface area contributed by atoms with Crippen molar-refractivity contribution in [3.8, 4) is 5.88 Å². The van der Waals surface area contributed by atoms with Gasteiger partial charge in [0.15, 0.2) is 5.78 Å². The number of anilines is 2. The number of piperidine rings is 1. The Labute approximate surface area is 216 Å². The van der Waals surface area contributed by atoms with Crippen LogP contribution in [0.3, 0.4) is 0 Å². The molecule has 3 aliphatic heterocycles. The van der Waals surface area contributed by atoms with Crippen molar-refractivity contribution in [3.63, 3.8) is 0 Å². The topological polar surface area (TPSA) is 84.9 Å². The molecule has 1 unspecified atom stereocenters. The van der Waals surface area contributed by atoms with Crippen LogP contribution in [0.2, 0.25) is 0 Å². The summed E-state index contributed by atoms with van der Waals surface area (Å²) in [6.07, 6.45) is 6.07. The second-order valence-electron chi connectivity index (χ2n) is 9.96. The molecule has 2 fully saturated rings. The average molecular weight is 511 g/mol. The van der Waals surface area contributed by atoms with Gasteiger partial charge in [-0.3, -0.25) is 9.59 Å². The first kappa shape index (κ1) is 25.0. The average Bonchev–Trinajstić information content (AvgIpc) is 3.55. The van der Waals surface area contributed by atoms with Gasteiger partial charge in [-0.05, 0) is 36.5 Å². The molecule has 0 saturated carbocycles. The molecule has 1 aromatic heterocycles. The molecule has 0 radical (unpaired) electrons. The fraction of sp³-hybridized carbons (Fsp3) is 0.556. The molecule has 5 rings (SSSR count). The molecule has 1 amide bonds. The van der Waals surface area contributed by atoms with Gasteiger partial charge >= 0.3 is 0 Å². The molecule has 1 aromatic carbocycles. The summed E-state index contributed by atoms with van der Waals surface area (Å²) in [5.41, 5.74) is 3.38. The standard InChI is InChI=1S/C27H34N4O4S/c1-18(2)36-27(33)30-10-8-21(9-11-30)35-26-16-25(28-17-29-26)31-12-7-20-14-19(5-6-22(20)31)15-23(32)24-4-3-13-34-24/h5-6,14,16-18,21,24H,3-4,7-13,15H2,1-2H3. The summed E-state index contributed by atoms with van der Waals surface area (Å²) in [6.45, 7) is 7.00. The first-order valence-corrected chi connectivity index (χ1v) is 13.8. The molecule has 0 N–H and O–H groups in total. The third-order valence-electron chi connectivity index (χ3n) is 6.93. The minimum absolute atomic E-state index is 0.0376. The molecule has 8 nitrogen and oxygen atoms in total. The molecule has 2 saturated heterocycles. The van der Waals surface area contributed by atoms with Crippen molar-refractivity contribution in [1.29, 1.82) is 0 Å². The van der Waals surface area contributed by atoms with Crippen molar-refractivity contribution in [2.75, 3.05) is 31.1 Å². The van der Waals surface area contributed by atoms with Crippen LogP contribution in [0, 0.1) is 0 Å². The Kier molecular flexibility index (Phi) is 7.76. The van der Waals surface area contributed by atoms with Gasteiger partial charge in [-0.15, -0.1) is 0 Å². The van der Waals surface area contributed by atoms with E-state index >= 15 is 0 Å². The molecule has 192 valence electrons. The summed E-state index contributed by atoms with van der Waals surface area (Å²) >= 11 is 1.38. The van der Waals surface area contributed by atoms with Gasteiger partial charge in [-0.25, -0.2) is 9.97 Å².